The van der Waals surface area contributed by atoms with Crippen LogP contribution in [0.3, 0.4) is 0 Å². The zero-order chi connectivity index (χ0) is 13.8. The first-order valence-electron chi connectivity index (χ1n) is 5.78. The van der Waals surface area contributed by atoms with E-state index in [-0.39, 0.29) is 11.3 Å². The molecule has 0 saturated carbocycles. The van der Waals surface area contributed by atoms with Crippen LogP contribution in [0.1, 0.15) is 23.7 Å². The maximum absolute atomic E-state index is 11.0. The predicted molar refractivity (Wildman–Crippen MR) is 68.5 cm³/mol. The second-order valence-corrected chi connectivity index (χ2v) is 3.90. The molecule has 2 aromatic rings. The van der Waals surface area contributed by atoms with Crippen LogP contribution in [-0.2, 0) is 0 Å². The van der Waals surface area contributed by atoms with Crippen molar-refractivity contribution >= 4 is 11.7 Å². The van der Waals surface area contributed by atoms with Gasteiger partial charge in [-0.1, -0.05) is 6.92 Å². The first-order valence-corrected chi connectivity index (χ1v) is 5.78. The maximum atomic E-state index is 11.0. The van der Waals surface area contributed by atoms with Gasteiger partial charge in [-0.3, -0.25) is 0 Å². The standard InChI is InChI=1S/C12H14N4O3/c1-2-3-19-8-5-15-16(7-8)11-4-9(12(17)18)10(13)6-14-11/h4-7H,2-3,13H2,1H3,(H,17,18). The van der Waals surface area contributed by atoms with Crippen LogP contribution in [0.2, 0.25) is 0 Å². The van der Waals surface area contributed by atoms with E-state index in [0.717, 1.165) is 6.42 Å². The Morgan fingerprint density at radius 3 is 3.00 bits per heavy atom. The number of hydrogen-bond acceptors (Lipinski definition) is 5. The van der Waals surface area contributed by atoms with Crippen molar-refractivity contribution in [3.05, 3.63) is 30.2 Å². The van der Waals surface area contributed by atoms with Gasteiger partial charge in [-0.2, -0.15) is 5.10 Å². The topological polar surface area (TPSA) is 103 Å². The average molecular weight is 262 g/mol. The molecule has 0 radical (unpaired) electrons. The number of nitrogens with zero attached hydrogens (tertiary/aromatic N) is 3. The highest BCUT2D eigenvalue weighted by Crippen LogP contribution is 2.16. The van der Waals surface area contributed by atoms with Gasteiger partial charge in [0.15, 0.2) is 11.6 Å². The quantitative estimate of drug-likeness (QED) is 0.842. The van der Waals surface area contributed by atoms with E-state index >= 15 is 0 Å². The summed E-state index contributed by atoms with van der Waals surface area (Å²) in [5, 5.41) is 13.1. The summed E-state index contributed by atoms with van der Waals surface area (Å²) in [7, 11) is 0. The van der Waals surface area contributed by atoms with E-state index in [9.17, 15) is 4.79 Å². The van der Waals surface area contributed by atoms with E-state index in [4.69, 9.17) is 15.6 Å². The lowest BCUT2D eigenvalue weighted by molar-refractivity contribution is 0.0698. The predicted octanol–water partition coefficient (Wildman–Crippen LogP) is 1.34. The summed E-state index contributed by atoms with van der Waals surface area (Å²) in [5.41, 5.74) is 5.66. The maximum Gasteiger partial charge on any atom is 0.337 e. The number of carbonyl (C=O) groups is 1. The Kier molecular flexibility index (Phi) is 3.65. The van der Waals surface area contributed by atoms with Gasteiger partial charge in [0.2, 0.25) is 0 Å². The van der Waals surface area contributed by atoms with E-state index in [1.54, 1.807) is 12.4 Å². The van der Waals surface area contributed by atoms with Crippen LogP contribution in [0.4, 0.5) is 5.69 Å². The fourth-order valence-corrected chi connectivity index (χ4v) is 1.49. The molecule has 0 bridgehead atoms. The summed E-state index contributed by atoms with van der Waals surface area (Å²) in [6.45, 7) is 2.60. The molecule has 100 valence electrons. The van der Waals surface area contributed by atoms with E-state index in [0.29, 0.717) is 18.2 Å². The highest BCUT2D eigenvalue weighted by molar-refractivity contribution is 5.93. The number of carboxylic acid groups (broad SMARTS) is 1. The van der Waals surface area contributed by atoms with Gasteiger partial charge >= 0.3 is 5.97 Å². The average Bonchev–Trinajstić information content (AvgIpc) is 2.85. The minimum Gasteiger partial charge on any atom is -0.490 e. The summed E-state index contributed by atoms with van der Waals surface area (Å²) in [5.74, 6) is -0.119. The molecular formula is C12H14N4O3. The normalized spacial score (nSPS) is 10.4. The van der Waals surface area contributed by atoms with Crippen molar-refractivity contribution in [3.8, 4) is 11.6 Å². The molecule has 0 atom stereocenters. The molecule has 0 amide bonds. The van der Waals surface area contributed by atoms with Crippen LogP contribution in [0.25, 0.3) is 5.82 Å². The fourth-order valence-electron chi connectivity index (χ4n) is 1.49. The Bertz CT molecular complexity index is 594. The van der Waals surface area contributed by atoms with Gasteiger partial charge in [0.05, 0.1) is 36.4 Å². The number of nitrogens with two attached hydrogens (primary N) is 1. The Labute approximate surface area is 109 Å². The van der Waals surface area contributed by atoms with E-state index in [2.05, 4.69) is 10.1 Å². The monoisotopic (exact) mass is 262 g/mol. The van der Waals surface area contributed by atoms with Gasteiger partial charge in [-0.15, -0.1) is 0 Å². The molecule has 0 spiro atoms. The largest absolute Gasteiger partial charge is 0.490 e. The molecule has 2 aromatic heterocycles. The van der Waals surface area contributed by atoms with Crippen molar-refractivity contribution in [1.82, 2.24) is 14.8 Å². The van der Waals surface area contributed by atoms with E-state index in [1.807, 2.05) is 6.92 Å². The van der Waals surface area contributed by atoms with Crippen LogP contribution in [0, 0.1) is 0 Å². The van der Waals surface area contributed by atoms with Crippen molar-refractivity contribution in [1.29, 1.82) is 0 Å². The molecular weight excluding hydrogens is 248 g/mol. The minimum atomic E-state index is -1.10. The molecule has 0 aliphatic heterocycles. The number of ether oxygens (including phenoxy) is 1. The van der Waals surface area contributed by atoms with Crippen molar-refractivity contribution in [2.45, 2.75) is 13.3 Å². The Balaban J connectivity index is 2.29. The smallest absolute Gasteiger partial charge is 0.337 e. The molecule has 0 aromatic carbocycles. The zero-order valence-electron chi connectivity index (χ0n) is 10.4. The number of aromatic nitrogens is 3. The number of carboxylic acids is 1. The summed E-state index contributed by atoms with van der Waals surface area (Å²) in [6.07, 6.45) is 5.38. The number of anilines is 1. The number of rotatable bonds is 5. The summed E-state index contributed by atoms with van der Waals surface area (Å²) in [4.78, 5) is 15.0. The van der Waals surface area contributed by atoms with Crippen molar-refractivity contribution < 1.29 is 14.6 Å². The van der Waals surface area contributed by atoms with Crippen LogP contribution >= 0.6 is 0 Å². The number of pyridine rings is 1. The van der Waals surface area contributed by atoms with Crippen molar-refractivity contribution in [3.63, 3.8) is 0 Å². The molecule has 0 aliphatic carbocycles. The number of hydrogen-bond donors (Lipinski definition) is 2. The van der Waals surface area contributed by atoms with Gasteiger partial charge < -0.3 is 15.6 Å². The molecule has 19 heavy (non-hydrogen) atoms. The molecule has 7 nitrogen and oxygen atoms in total. The SMILES string of the molecule is CCCOc1cnn(-c2cc(C(=O)O)c(N)cn2)c1. The lowest BCUT2D eigenvalue weighted by atomic mass is 10.2. The second kappa shape index (κ2) is 5.38. The van der Waals surface area contributed by atoms with Gasteiger partial charge in [0.25, 0.3) is 0 Å². The lowest BCUT2D eigenvalue weighted by Gasteiger charge is -2.04. The third kappa shape index (κ3) is 2.82. The molecule has 7 heteroatoms. The lowest BCUT2D eigenvalue weighted by Crippen LogP contribution is -2.06. The first kappa shape index (κ1) is 12.9. The van der Waals surface area contributed by atoms with Gasteiger partial charge in [-0.05, 0) is 12.5 Å². The second-order valence-electron chi connectivity index (χ2n) is 3.90. The molecule has 3 N–H and O–H groups in total. The van der Waals surface area contributed by atoms with Crippen LogP contribution in [-0.4, -0.2) is 32.4 Å². The Morgan fingerprint density at radius 2 is 2.32 bits per heavy atom. The molecule has 0 unspecified atom stereocenters. The third-order valence-corrected chi connectivity index (χ3v) is 2.42. The van der Waals surface area contributed by atoms with Crippen LogP contribution in [0.15, 0.2) is 24.7 Å². The van der Waals surface area contributed by atoms with Gasteiger partial charge in [0.1, 0.15) is 0 Å². The Morgan fingerprint density at radius 1 is 1.53 bits per heavy atom. The molecule has 0 saturated heterocycles. The van der Waals surface area contributed by atoms with Gasteiger partial charge in [-0.25, -0.2) is 14.5 Å². The molecule has 0 fully saturated rings. The van der Waals surface area contributed by atoms with Gasteiger partial charge in [0, 0.05) is 0 Å². The fraction of sp³-hybridized carbons (Fsp3) is 0.250. The summed E-state index contributed by atoms with van der Waals surface area (Å²) < 4.78 is 6.85. The zero-order valence-corrected chi connectivity index (χ0v) is 10.4. The molecule has 2 rings (SSSR count). The highest BCUT2D eigenvalue weighted by Gasteiger charge is 2.11. The number of aromatic carboxylic acids is 1. The van der Waals surface area contributed by atoms with Crippen molar-refractivity contribution in [2.24, 2.45) is 0 Å². The number of nitrogen functional groups attached to an aromatic ring is 1. The molecule has 0 aliphatic rings. The minimum absolute atomic E-state index is 0.00322. The highest BCUT2D eigenvalue weighted by atomic mass is 16.5. The van der Waals surface area contributed by atoms with Crippen molar-refractivity contribution in [2.75, 3.05) is 12.3 Å². The van der Waals surface area contributed by atoms with Crippen LogP contribution in [0.5, 0.6) is 5.75 Å². The summed E-state index contributed by atoms with van der Waals surface area (Å²) in [6, 6.07) is 1.37. The molecule has 2 heterocycles. The van der Waals surface area contributed by atoms with E-state index < -0.39 is 5.97 Å². The third-order valence-electron chi connectivity index (χ3n) is 2.42. The summed E-state index contributed by atoms with van der Waals surface area (Å²) >= 11 is 0. The van der Waals surface area contributed by atoms with Crippen LogP contribution < -0.4 is 10.5 Å². The Hall–Kier alpha value is -2.57. The van der Waals surface area contributed by atoms with E-state index in [1.165, 1.54) is 16.9 Å². The first-order chi connectivity index (χ1) is 9.11.